The maximum absolute atomic E-state index is 10.7. The first-order valence-corrected chi connectivity index (χ1v) is 2.99. The zero-order chi connectivity index (χ0) is 9.30. The Labute approximate surface area is 67.0 Å². The predicted molar refractivity (Wildman–Crippen MR) is 34.2 cm³/mol. The summed E-state index contributed by atoms with van der Waals surface area (Å²) < 4.78 is 8.43. The van der Waals surface area contributed by atoms with Crippen molar-refractivity contribution in [1.29, 1.82) is 0 Å². The van der Waals surface area contributed by atoms with E-state index in [1.807, 2.05) is 0 Å². The van der Waals surface area contributed by atoms with E-state index >= 15 is 0 Å². The molecule has 1 atom stereocenters. The van der Waals surface area contributed by atoms with Crippen LogP contribution in [0.25, 0.3) is 0 Å². The summed E-state index contributed by atoms with van der Waals surface area (Å²) in [6, 6.07) is 0. The van der Waals surface area contributed by atoms with E-state index in [-0.39, 0.29) is 0 Å². The van der Waals surface area contributed by atoms with Gasteiger partial charge in [-0.2, -0.15) is 0 Å². The lowest BCUT2D eigenvalue weighted by Crippen LogP contribution is -2.24. The highest BCUT2D eigenvalue weighted by Gasteiger charge is 2.40. The molecule has 0 saturated carbocycles. The van der Waals surface area contributed by atoms with Gasteiger partial charge in [-0.25, -0.2) is 9.59 Å². The molecule has 6 nitrogen and oxygen atoms in total. The smallest absolute Gasteiger partial charge is 0.378 e. The van der Waals surface area contributed by atoms with Gasteiger partial charge in [-0.1, -0.05) is 0 Å². The van der Waals surface area contributed by atoms with Crippen molar-refractivity contribution in [2.24, 2.45) is 0 Å². The van der Waals surface area contributed by atoms with E-state index in [9.17, 15) is 9.59 Å². The number of aliphatic hydroxyl groups is 2. The van der Waals surface area contributed by atoms with Crippen LogP contribution in [0.2, 0.25) is 0 Å². The average Bonchev–Trinajstić information content (AvgIpc) is 2.32. The van der Waals surface area contributed by atoms with Crippen molar-refractivity contribution in [3.8, 4) is 0 Å². The van der Waals surface area contributed by atoms with E-state index in [2.05, 4.69) is 9.47 Å². The quantitative estimate of drug-likeness (QED) is 0.516. The third kappa shape index (κ3) is 1.07. The summed E-state index contributed by atoms with van der Waals surface area (Å²) in [4.78, 5) is 21.2. The first-order valence-electron chi connectivity index (χ1n) is 2.99. The Morgan fingerprint density at radius 3 is 2.50 bits per heavy atom. The highest BCUT2D eigenvalue weighted by molar-refractivity contribution is 5.94. The molecule has 1 unspecified atom stereocenters. The molecular weight excluding hydrogens is 168 g/mol. The van der Waals surface area contributed by atoms with Gasteiger partial charge in [0.2, 0.25) is 5.76 Å². The SMILES string of the molecule is COC(=O)C1OC(=O)C(O)=C1O. The molecule has 0 fully saturated rings. The molecule has 1 heterocycles. The fourth-order valence-electron chi connectivity index (χ4n) is 0.714. The van der Waals surface area contributed by atoms with Gasteiger partial charge in [-0.15, -0.1) is 0 Å². The van der Waals surface area contributed by atoms with E-state index in [0.29, 0.717) is 0 Å². The summed E-state index contributed by atoms with van der Waals surface area (Å²) in [5, 5.41) is 17.6. The molecule has 0 aromatic heterocycles. The summed E-state index contributed by atoms with van der Waals surface area (Å²) in [5.41, 5.74) is 0. The van der Waals surface area contributed by atoms with Crippen LogP contribution in [0.4, 0.5) is 0 Å². The van der Waals surface area contributed by atoms with E-state index in [4.69, 9.17) is 10.2 Å². The molecular formula is C6H6O6. The average molecular weight is 174 g/mol. The lowest BCUT2D eigenvalue weighted by Gasteiger charge is -2.05. The molecule has 0 aliphatic carbocycles. The second kappa shape index (κ2) is 2.72. The second-order valence-electron chi connectivity index (χ2n) is 2.04. The number of esters is 2. The molecule has 66 valence electrons. The fourth-order valence-corrected chi connectivity index (χ4v) is 0.714. The number of carbonyl (C=O) groups is 2. The molecule has 2 N–H and O–H groups in total. The summed E-state index contributed by atoms with van der Waals surface area (Å²) in [6.07, 6.45) is -1.53. The van der Waals surface area contributed by atoms with Gasteiger partial charge in [0.05, 0.1) is 7.11 Å². The Morgan fingerprint density at radius 2 is 2.17 bits per heavy atom. The van der Waals surface area contributed by atoms with Crippen molar-refractivity contribution >= 4 is 11.9 Å². The number of ether oxygens (including phenoxy) is 2. The third-order valence-corrected chi connectivity index (χ3v) is 1.32. The van der Waals surface area contributed by atoms with Crippen molar-refractivity contribution in [2.45, 2.75) is 6.10 Å². The molecule has 0 bridgehead atoms. The second-order valence-corrected chi connectivity index (χ2v) is 2.04. The molecule has 0 amide bonds. The molecule has 1 aliphatic heterocycles. The highest BCUT2D eigenvalue weighted by atomic mass is 16.6. The van der Waals surface area contributed by atoms with Gasteiger partial charge >= 0.3 is 11.9 Å². The molecule has 0 radical (unpaired) electrons. The highest BCUT2D eigenvalue weighted by Crippen LogP contribution is 2.18. The molecule has 0 spiro atoms. The first kappa shape index (κ1) is 8.38. The number of methoxy groups -OCH3 is 1. The topological polar surface area (TPSA) is 93.1 Å². The number of hydrogen-bond donors (Lipinski definition) is 2. The lowest BCUT2D eigenvalue weighted by atomic mass is 10.3. The Morgan fingerprint density at radius 1 is 1.58 bits per heavy atom. The molecule has 1 aliphatic rings. The van der Waals surface area contributed by atoms with Crippen LogP contribution in [0.15, 0.2) is 11.5 Å². The summed E-state index contributed by atoms with van der Waals surface area (Å²) in [6.45, 7) is 0. The van der Waals surface area contributed by atoms with Gasteiger partial charge in [0.15, 0.2) is 5.76 Å². The van der Waals surface area contributed by atoms with Gasteiger partial charge in [0.25, 0.3) is 6.10 Å². The van der Waals surface area contributed by atoms with Crippen LogP contribution in [0, 0.1) is 0 Å². The number of rotatable bonds is 1. The normalized spacial score (nSPS) is 22.4. The number of hydrogen-bond acceptors (Lipinski definition) is 6. The van der Waals surface area contributed by atoms with E-state index < -0.39 is 29.6 Å². The monoisotopic (exact) mass is 174 g/mol. The molecule has 0 aromatic rings. The molecule has 1 rings (SSSR count). The van der Waals surface area contributed by atoms with Crippen LogP contribution in [-0.4, -0.2) is 35.4 Å². The van der Waals surface area contributed by atoms with E-state index in [1.54, 1.807) is 0 Å². The largest absolute Gasteiger partial charge is 0.505 e. The first-order chi connectivity index (χ1) is 5.57. The number of cyclic esters (lactones) is 1. The minimum absolute atomic E-state index is 0.813. The van der Waals surface area contributed by atoms with Crippen LogP contribution in [0.3, 0.4) is 0 Å². The van der Waals surface area contributed by atoms with Crippen LogP contribution in [0.1, 0.15) is 0 Å². The van der Waals surface area contributed by atoms with Gasteiger partial charge in [-0.05, 0) is 0 Å². The minimum Gasteiger partial charge on any atom is -0.505 e. The van der Waals surface area contributed by atoms with Crippen LogP contribution < -0.4 is 0 Å². The summed E-state index contributed by atoms with van der Waals surface area (Å²) >= 11 is 0. The van der Waals surface area contributed by atoms with Crippen molar-refractivity contribution in [3.05, 3.63) is 11.5 Å². The maximum atomic E-state index is 10.7. The van der Waals surface area contributed by atoms with Gasteiger partial charge in [0, 0.05) is 0 Å². The number of carbonyl (C=O) groups excluding carboxylic acids is 2. The lowest BCUT2D eigenvalue weighted by molar-refractivity contribution is -0.160. The standard InChI is InChI=1S/C6H6O6/c1-11-6(10)4-2(7)3(8)5(9)12-4/h4,7-8H,1H3. The zero-order valence-corrected chi connectivity index (χ0v) is 6.10. The van der Waals surface area contributed by atoms with Gasteiger partial charge < -0.3 is 19.7 Å². The van der Waals surface area contributed by atoms with Crippen molar-refractivity contribution in [3.63, 3.8) is 0 Å². The Hall–Kier alpha value is -1.72. The fraction of sp³-hybridized carbons (Fsp3) is 0.333. The Kier molecular flexibility index (Phi) is 1.90. The summed E-state index contributed by atoms with van der Waals surface area (Å²) in [5.74, 6) is -3.84. The molecule has 0 saturated heterocycles. The maximum Gasteiger partial charge on any atom is 0.378 e. The predicted octanol–water partition coefficient (Wildman–Crippen LogP) is -0.588. The van der Waals surface area contributed by atoms with Gasteiger partial charge in [0.1, 0.15) is 0 Å². The minimum atomic E-state index is -1.53. The van der Waals surface area contributed by atoms with E-state index in [1.165, 1.54) is 0 Å². The molecule has 6 heteroatoms. The summed E-state index contributed by atoms with van der Waals surface area (Å²) in [7, 11) is 1.07. The van der Waals surface area contributed by atoms with Crippen LogP contribution >= 0.6 is 0 Å². The third-order valence-electron chi connectivity index (χ3n) is 1.32. The molecule has 12 heavy (non-hydrogen) atoms. The van der Waals surface area contributed by atoms with Crippen molar-refractivity contribution in [1.82, 2.24) is 0 Å². The molecule has 0 aromatic carbocycles. The van der Waals surface area contributed by atoms with Crippen LogP contribution in [0.5, 0.6) is 0 Å². The van der Waals surface area contributed by atoms with Gasteiger partial charge in [-0.3, -0.25) is 0 Å². The van der Waals surface area contributed by atoms with E-state index in [0.717, 1.165) is 7.11 Å². The number of aliphatic hydroxyl groups excluding tert-OH is 2. The van der Waals surface area contributed by atoms with Crippen molar-refractivity contribution < 1.29 is 29.3 Å². The van der Waals surface area contributed by atoms with Crippen LogP contribution in [-0.2, 0) is 19.1 Å². The Bertz CT molecular complexity index is 265. The Balaban J connectivity index is 2.87. The van der Waals surface area contributed by atoms with Crippen molar-refractivity contribution in [2.75, 3.05) is 7.11 Å². The zero-order valence-electron chi connectivity index (χ0n) is 6.10.